The van der Waals surface area contributed by atoms with Crippen LogP contribution in [0.25, 0.3) is 6.08 Å². The van der Waals surface area contributed by atoms with Crippen molar-refractivity contribution < 1.29 is 28.5 Å². The van der Waals surface area contributed by atoms with Crippen LogP contribution in [0.3, 0.4) is 0 Å². The number of esters is 2. The first kappa shape index (κ1) is 24.3. The Morgan fingerprint density at radius 3 is 2.07 bits per heavy atom. The van der Waals surface area contributed by atoms with Crippen molar-refractivity contribution in [1.29, 1.82) is 0 Å². The van der Waals surface area contributed by atoms with Crippen LogP contribution in [0.4, 0.5) is 0 Å². The van der Waals surface area contributed by atoms with Gasteiger partial charge in [-0.3, -0.25) is 0 Å². The van der Waals surface area contributed by atoms with Crippen LogP contribution in [0.2, 0.25) is 0 Å². The van der Waals surface area contributed by atoms with Crippen LogP contribution >= 0.6 is 0 Å². The van der Waals surface area contributed by atoms with Gasteiger partial charge >= 0.3 is 11.9 Å². The molecule has 0 heterocycles. The number of unbranched alkanes of at least 4 members (excludes halogenated alkanes) is 5. The first-order chi connectivity index (χ1) is 14.0. The molecule has 0 unspecified atom stereocenters. The van der Waals surface area contributed by atoms with Gasteiger partial charge in [-0.2, -0.15) is 0 Å². The number of ether oxygens (including phenoxy) is 4. The van der Waals surface area contributed by atoms with Crippen molar-refractivity contribution in [2.45, 2.75) is 45.4 Å². The van der Waals surface area contributed by atoms with Gasteiger partial charge in [0.1, 0.15) is 0 Å². The van der Waals surface area contributed by atoms with Crippen molar-refractivity contribution in [2.24, 2.45) is 0 Å². The highest BCUT2D eigenvalue weighted by atomic mass is 16.5. The first-order valence-corrected chi connectivity index (χ1v) is 9.87. The minimum Gasteiger partial charge on any atom is -0.493 e. The summed E-state index contributed by atoms with van der Waals surface area (Å²) in [5.41, 5.74) is 1.26. The van der Waals surface area contributed by atoms with Gasteiger partial charge in [-0.25, -0.2) is 9.59 Å². The van der Waals surface area contributed by atoms with Gasteiger partial charge in [0.05, 0.1) is 27.4 Å². The number of benzene rings is 1. The van der Waals surface area contributed by atoms with Crippen LogP contribution in [0, 0.1) is 0 Å². The third kappa shape index (κ3) is 10.4. The van der Waals surface area contributed by atoms with Gasteiger partial charge < -0.3 is 18.9 Å². The van der Waals surface area contributed by atoms with E-state index in [4.69, 9.17) is 18.9 Å². The number of carbonyl (C=O) groups is 2. The van der Waals surface area contributed by atoms with E-state index in [9.17, 15) is 9.59 Å². The molecule has 1 aromatic carbocycles. The monoisotopic (exact) mass is 404 g/mol. The van der Waals surface area contributed by atoms with E-state index in [0.717, 1.165) is 44.1 Å². The Labute approximate surface area is 173 Å². The van der Waals surface area contributed by atoms with Gasteiger partial charge in [-0.1, -0.05) is 38.3 Å². The lowest BCUT2D eigenvalue weighted by atomic mass is 10.1. The molecule has 160 valence electrons. The molecule has 1 rings (SSSR count). The van der Waals surface area contributed by atoms with E-state index in [1.54, 1.807) is 39.4 Å². The van der Waals surface area contributed by atoms with E-state index in [-0.39, 0.29) is 11.9 Å². The Morgan fingerprint density at radius 1 is 0.897 bits per heavy atom. The highest BCUT2D eigenvalue weighted by Crippen LogP contribution is 2.27. The van der Waals surface area contributed by atoms with E-state index in [2.05, 4.69) is 6.58 Å². The first-order valence-electron chi connectivity index (χ1n) is 9.87. The molecule has 0 bridgehead atoms. The number of methoxy groups -OCH3 is 2. The highest BCUT2D eigenvalue weighted by Gasteiger charge is 2.04. The lowest BCUT2D eigenvalue weighted by Gasteiger charge is -2.07. The van der Waals surface area contributed by atoms with Crippen LogP contribution < -0.4 is 9.47 Å². The molecule has 0 saturated carbocycles. The summed E-state index contributed by atoms with van der Waals surface area (Å²) in [5.74, 6) is 0.559. The number of hydrogen-bond acceptors (Lipinski definition) is 6. The van der Waals surface area contributed by atoms with Crippen LogP contribution in [-0.4, -0.2) is 39.4 Å². The molecule has 0 aliphatic heterocycles. The molecule has 0 radical (unpaired) electrons. The number of carbonyl (C=O) groups excluding carboxylic acids is 2. The average Bonchev–Trinajstić information content (AvgIpc) is 2.72. The fraction of sp³-hybridized carbons (Fsp3) is 0.478. The molecule has 29 heavy (non-hydrogen) atoms. The van der Waals surface area contributed by atoms with Gasteiger partial charge in [0.2, 0.25) is 0 Å². The minimum absolute atomic E-state index is 0.327. The zero-order valence-electron chi connectivity index (χ0n) is 17.7. The largest absolute Gasteiger partial charge is 0.493 e. The van der Waals surface area contributed by atoms with Crippen molar-refractivity contribution in [3.05, 3.63) is 42.0 Å². The van der Waals surface area contributed by atoms with Crippen molar-refractivity contribution in [3.63, 3.8) is 0 Å². The summed E-state index contributed by atoms with van der Waals surface area (Å²) in [5, 5.41) is 0. The molecule has 0 amide bonds. The van der Waals surface area contributed by atoms with E-state index >= 15 is 0 Å². The molecule has 0 aliphatic carbocycles. The highest BCUT2D eigenvalue weighted by molar-refractivity contribution is 5.87. The molecule has 0 saturated heterocycles. The fourth-order valence-corrected chi connectivity index (χ4v) is 2.54. The molecular weight excluding hydrogens is 372 g/mol. The molecule has 0 aromatic heterocycles. The van der Waals surface area contributed by atoms with Gasteiger partial charge in [-0.05, 0) is 43.5 Å². The van der Waals surface area contributed by atoms with Crippen LogP contribution in [-0.2, 0) is 19.1 Å². The zero-order chi connectivity index (χ0) is 21.5. The molecule has 0 spiro atoms. The van der Waals surface area contributed by atoms with Gasteiger partial charge in [0, 0.05) is 11.6 Å². The summed E-state index contributed by atoms with van der Waals surface area (Å²) in [4.78, 5) is 23.0. The maximum atomic E-state index is 11.8. The van der Waals surface area contributed by atoms with Crippen LogP contribution in [0.5, 0.6) is 11.5 Å². The maximum Gasteiger partial charge on any atom is 0.333 e. The summed E-state index contributed by atoms with van der Waals surface area (Å²) < 4.78 is 20.7. The maximum absolute atomic E-state index is 11.8. The Morgan fingerprint density at radius 2 is 1.48 bits per heavy atom. The lowest BCUT2D eigenvalue weighted by molar-refractivity contribution is -0.139. The minimum atomic E-state index is -0.362. The molecule has 0 aliphatic rings. The normalized spacial score (nSPS) is 10.6. The van der Waals surface area contributed by atoms with Crippen molar-refractivity contribution >= 4 is 18.0 Å². The standard InChI is InChI=1S/C23H32O6/c1-18(2)23(25)29-16-10-8-6-5-7-9-15-28-22(24)14-12-19-11-13-20(26-3)21(17-19)27-4/h11-14,17H,1,5-10,15-16H2,2-4H3. The van der Waals surface area contributed by atoms with Crippen LogP contribution in [0.15, 0.2) is 36.4 Å². The Bertz CT molecular complexity index is 693. The smallest absolute Gasteiger partial charge is 0.333 e. The lowest BCUT2D eigenvalue weighted by Crippen LogP contribution is -2.06. The van der Waals surface area contributed by atoms with Gasteiger partial charge in [0.25, 0.3) is 0 Å². The third-order valence-electron chi connectivity index (χ3n) is 4.18. The Balaban J connectivity index is 2.10. The second-order valence-corrected chi connectivity index (χ2v) is 6.65. The summed E-state index contributed by atoms with van der Waals surface area (Å²) in [6.07, 6.45) is 8.93. The quantitative estimate of drug-likeness (QED) is 0.254. The van der Waals surface area contributed by atoms with Gasteiger partial charge in [0.15, 0.2) is 11.5 Å². The predicted octanol–water partition coefficient (Wildman–Crippen LogP) is 4.72. The summed E-state index contributed by atoms with van der Waals surface area (Å²) >= 11 is 0. The number of rotatable bonds is 14. The molecule has 0 atom stereocenters. The zero-order valence-corrected chi connectivity index (χ0v) is 17.7. The SMILES string of the molecule is C=C(C)C(=O)OCCCCCCCCOC(=O)C=Cc1ccc(OC)c(OC)c1. The van der Waals surface area contributed by atoms with Gasteiger partial charge in [-0.15, -0.1) is 0 Å². The predicted molar refractivity (Wildman–Crippen MR) is 113 cm³/mol. The van der Waals surface area contributed by atoms with E-state index in [0.29, 0.717) is 30.3 Å². The summed E-state index contributed by atoms with van der Waals surface area (Å²) in [6.45, 7) is 6.03. The average molecular weight is 405 g/mol. The molecule has 6 nitrogen and oxygen atoms in total. The Hall–Kier alpha value is -2.76. The summed E-state index contributed by atoms with van der Waals surface area (Å²) in [7, 11) is 3.14. The molecule has 6 heteroatoms. The number of hydrogen-bond donors (Lipinski definition) is 0. The second kappa shape index (κ2) is 14.3. The molecule has 0 fully saturated rings. The van der Waals surface area contributed by atoms with Crippen molar-refractivity contribution in [3.8, 4) is 11.5 Å². The molecular formula is C23H32O6. The fourth-order valence-electron chi connectivity index (χ4n) is 2.54. The summed E-state index contributed by atoms with van der Waals surface area (Å²) in [6, 6.07) is 5.42. The second-order valence-electron chi connectivity index (χ2n) is 6.65. The molecule has 1 aromatic rings. The van der Waals surface area contributed by atoms with E-state index in [1.807, 2.05) is 6.07 Å². The van der Waals surface area contributed by atoms with Crippen molar-refractivity contribution in [1.82, 2.24) is 0 Å². The molecule has 0 N–H and O–H groups in total. The van der Waals surface area contributed by atoms with E-state index < -0.39 is 0 Å². The van der Waals surface area contributed by atoms with Crippen LogP contribution in [0.1, 0.15) is 51.0 Å². The topological polar surface area (TPSA) is 71.1 Å². The van der Waals surface area contributed by atoms with Crippen molar-refractivity contribution in [2.75, 3.05) is 27.4 Å². The Kier molecular flexibility index (Phi) is 11.9. The third-order valence-corrected chi connectivity index (χ3v) is 4.18. The van der Waals surface area contributed by atoms with E-state index in [1.165, 1.54) is 6.08 Å².